The number of benzene rings is 2. The quantitative estimate of drug-likeness (QED) is 0.766. The lowest BCUT2D eigenvalue weighted by molar-refractivity contribution is 0.0784. The van der Waals surface area contributed by atoms with Crippen molar-refractivity contribution in [1.29, 1.82) is 0 Å². The fourth-order valence-corrected chi connectivity index (χ4v) is 2.89. The number of hydrogen-bond donors (Lipinski definition) is 1. The van der Waals surface area contributed by atoms with Crippen LogP contribution in [-0.4, -0.2) is 29.4 Å². The second-order valence-electron chi connectivity index (χ2n) is 6.33. The van der Waals surface area contributed by atoms with E-state index >= 15 is 0 Å². The normalized spacial score (nSPS) is 10.7. The van der Waals surface area contributed by atoms with Crippen molar-refractivity contribution in [3.63, 3.8) is 0 Å². The van der Waals surface area contributed by atoms with Gasteiger partial charge >= 0.3 is 0 Å². The van der Waals surface area contributed by atoms with Crippen LogP contribution in [0.25, 0.3) is 10.9 Å². The van der Waals surface area contributed by atoms with Gasteiger partial charge in [0.15, 0.2) is 0 Å². The van der Waals surface area contributed by atoms with Gasteiger partial charge in [0.1, 0.15) is 5.75 Å². The van der Waals surface area contributed by atoms with Crippen LogP contribution in [0.3, 0.4) is 0 Å². The summed E-state index contributed by atoms with van der Waals surface area (Å²) in [5.41, 5.74) is 2.84. The fourth-order valence-electron chi connectivity index (χ4n) is 2.89. The first-order valence-electron chi connectivity index (χ1n) is 8.59. The molecule has 1 N–H and O–H groups in total. The Hall–Kier alpha value is -3.08. The molecule has 0 saturated heterocycles. The van der Waals surface area contributed by atoms with E-state index in [4.69, 9.17) is 4.74 Å². The molecule has 5 nitrogen and oxygen atoms in total. The van der Waals surface area contributed by atoms with Gasteiger partial charge in [-0.15, -0.1) is 0 Å². The van der Waals surface area contributed by atoms with Crippen LogP contribution in [0.5, 0.6) is 5.75 Å². The number of nitrogens with one attached hydrogen (secondary N) is 1. The number of ether oxygens (including phenoxy) is 1. The number of carbonyl (C=O) groups is 1. The highest BCUT2D eigenvalue weighted by Gasteiger charge is 2.14. The van der Waals surface area contributed by atoms with Gasteiger partial charge in [0.05, 0.1) is 13.2 Å². The predicted octanol–water partition coefficient (Wildman–Crippen LogP) is 3.51. The van der Waals surface area contributed by atoms with Crippen molar-refractivity contribution >= 4 is 16.8 Å². The molecular weight excluding hydrogens is 328 g/mol. The number of aromatic amines is 1. The van der Waals surface area contributed by atoms with E-state index in [1.165, 1.54) is 0 Å². The summed E-state index contributed by atoms with van der Waals surface area (Å²) < 4.78 is 5.39. The Labute approximate surface area is 152 Å². The van der Waals surface area contributed by atoms with Gasteiger partial charge in [-0.3, -0.25) is 9.59 Å². The molecule has 0 unspecified atom stereocenters. The number of rotatable bonds is 5. The summed E-state index contributed by atoms with van der Waals surface area (Å²) in [6, 6.07) is 14.8. The average Bonchev–Trinajstić information content (AvgIpc) is 2.63. The topological polar surface area (TPSA) is 62.4 Å². The monoisotopic (exact) mass is 350 g/mol. The summed E-state index contributed by atoms with van der Waals surface area (Å²) in [4.78, 5) is 29.4. The van der Waals surface area contributed by atoms with Crippen LogP contribution in [0.15, 0.2) is 53.3 Å². The molecule has 3 aromatic rings. The number of carbonyl (C=O) groups excluding carboxylic acids is 1. The minimum Gasteiger partial charge on any atom is -0.494 e. The van der Waals surface area contributed by atoms with Crippen molar-refractivity contribution in [1.82, 2.24) is 9.88 Å². The van der Waals surface area contributed by atoms with Gasteiger partial charge in [0.2, 0.25) is 0 Å². The fraction of sp³-hybridized carbons (Fsp3) is 0.238. The highest BCUT2D eigenvalue weighted by atomic mass is 16.5. The van der Waals surface area contributed by atoms with Crippen molar-refractivity contribution in [2.75, 3.05) is 13.7 Å². The molecule has 0 spiro atoms. The van der Waals surface area contributed by atoms with Crippen molar-refractivity contribution in [3.05, 3.63) is 75.6 Å². The van der Waals surface area contributed by atoms with Crippen molar-refractivity contribution in [2.24, 2.45) is 0 Å². The smallest absolute Gasteiger partial charge is 0.253 e. The second-order valence-corrected chi connectivity index (χ2v) is 6.33. The van der Waals surface area contributed by atoms with E-state index in [2.05, 4.69) is 4.98 Å². The maximum Gasteiger partial charge on any atom is 0.253 e. The minimum absolute atomic E-state index is 0.142. The molecule has 3 rings (SSSR count). The number of nitrogens with zero attached hydrogens (tertiary/aromatic N) is 1. The Morgan fingerprint density at radius 2 is 1.85 bits per heavy atom. The Balaban J connectivity index is 1.80. The summed E-state index contributed by atoms with van der Waals surface area (Å²) in [7, 11) is 1.69. The molecular formula is C21H22N2O3. The molecule has 134 valence electrons. The number of aromatic nitrogens is 1. The number of amides is 1. The molecule has 0 radical (unpaired) electrons. The number of fused-ring (bicyclic) bond motifs is 1. The third kappa shape index (κ3) is 3.77. The Morgan fingerprint density at radius 3 is 2.54 bits per heavy atom. The van der Waals surface area contributed by atoms with Gasteiger partial charge in [-0.05, 0) is 61.2 Å². The average molecular weight is 350 g/mol. The van der Waals surface area contributed by atoms with Crippen LogP contribution in [0.1, 0.15) is 28.4 Å². The van der Waals surface area contributed by atoms with E-state index in [1.807, 2.05) is 38.1 Å². The van der Waals surface area contributed by atoms with Crippen molar-refractivity contribution < 1.29 is 9.53 Å². The first-order valence-corrected chi connectivity index (χ1v) is 8.59. The number of H-pyrrole nitrogens is 1. The van der Waals surface area contributed by atoms with Crippen LogP contribution in [0.2, 0.25) is 0 Å². The highest BCUT2D eigenvalue weighted by molar-refractivity contribution is 5.94. The summed E-state index contributed by atoms with van der Waals surface area (Å²) in [6.45, 7) is 4.72. The molecule has 0 aliphatic carbocycles. The highest BCUT2D eigenvalue weighted by Crippen LogP contribution is 2.16. The van der Waals surface area contributed by atoms with Gasteiger partial charge in [-0.25, -0.2) is 0 Å². The van der Waals surface area contributed by atoms with Crippen LogP contribution in [-0.2, 0) is 6.54 Å². The largest absolute Gasteiger partial charge is 0.494 e. The standard InChI is InChI=1S/C21H22N2O3/c1-4-26-18-9-7-15(8-10-18)21(25)23(3)13-17-12-16-6-5-14(2)11-19(16)22-20(17)24/h5-12H,4,13H2,1-3H3,(H,22,24). The molecule has 1 amide bonds. The zero-order chi connectivity index (χ0) is 18.7. The Kier molecular flexibility index (Phi) is 5.07. The van der Waals surface area contributed by atoms with E-state index in [9.17, 15) is 9.59 Å². The van der Waals surface area contributed by atoms with Gasteiger partial charge in [0.25, 0.3) is 11.5 Å². The van der Waals surface area contributed by atoms with E-state index in [1.54, 1.807) is 36.2 Å². The summed E-state index contributed by atoms with van der Waals surface area (Å²) in [6.07, 6.45) is 0. The molecule has 1 heterocycles. The molecule has 0 aliphatic heterocycles. The Morgan fingerprint density at radius 1 is 1.12 bits per heavy atom. The minimum atomic E-state index is -0.172. The maximum atomic E-state index is 12.6. The molecule has 5 heteroatoms. The number of aryl methyl sites for hydroxylation is 1. The zero-order valence-electron chi connectivity index (χ0n) is 15.2. The Bertz CT molecular complexity index is 990. The molecule has 0 fully saturated rings. The molecule has 2 aromatic carbocycles. The first kappa shape index (κ1) is 17.7. The van der Waals surface area contributed by atoms with Crippen LogP contribution in [0, 0.1) is 6.92 Å². The van der Waals surface area contributed by atoms with Gasteiger partial charge < -0.3 is 14.6 Å². The van der Waals surface area contributed by atoms with E-state index in [0.717, 1.165) is 22.2 Å². The van der Waals surface area contributed by atoms with Gasteiger partial charge in [0, 0.05) is 23.7 Å². The third-order valence-electron chi connectivity index (χ3n) is 4.24. The van der Waals surface area contributed by atoms with E-state index in [-0.39, 0.29) is 18.0 Å². The lowest BCUT2D eigenvalue weighted by Gasteiger charge is -2.17. The molecule has 0 aliphatic rings. The van der Waals surface area contributed by atoms with Crippen molar-refractivity contribution in [2.45, 2.75) is 20.4 Å². The molecule has 1 aromatic heterocycles. The van der Waals surface area contributed by atoms with E-state index < -0.39 is 0 Å². The summed E-state index contributed by atoms with van der Waals surface area (Å²) in [5.74, 6) is 0.587. The third-order valence-corrected chi connectivity index (χ3v) is 4.24. The number of hydrogen-bond acceptors (Lipinski definition) is 3. The van der Waals surface area contributed by atoms with Crippen LogP contribution >= 0.6 is 0 Å². The molecule has 0 atom stereocenters. The van der Waals surface area contributed by atoms with Crippen LogP contribution in [0.4, 0.5) is 0 Å². The van der Waals surface area contributed by atoms with Gasteiger partial charge in [-0.1, -0.05) is 12.1 Å². The SMILES string of the molecule is CCOc1ccc(C(=O)N(C)Cc2cc3ccc(C)cc3[nH]c2=O)cc1. The maximum absolute atomic E-state index is 12.6. The zero-order valence-corrected chi connectivity index (χ0v) is 15.2. The molecule has 0 bridgehead atoms. The lowest BCUT2D eigenvalue weighted by Crippen LogP contribution is -2.29. The molecule has 0 saturated carbocycles. The number of pyridine rings is 1. The second kappa shape index (κ2) is 7.44. The predicted molar refractivity (Wildman–Crippen MR) is 103 cm³/mol. The summed E-state index contributed by atoms with van der Waals surface area (Å²) >= 11 is 0. The summed E-state index contributed by atoms with van der Waals surface area (Å²) in [5, 5.41) is 0.951. The van der Waals surface area contributed by atoms with Crippen LogP contribution < -0.4 is 10.3 Å². The first-order chi connectivity index (χ1) is 12.5. The van der Waals surface area contributed by atoms with Crippen molar-refractivity contribution in [3.8, 4) is 5.75 Å². The lowest BCUT2D eigenvalue weighted by atomic mass is 10.1. The van der Waals surface area contributed by atoms with Gasteiger partial charge in [-0.2, -0.15) is 0 Å². The van der Waals surface area contributed by atoms with E-state index in [0.29, 0.717) is 17.7 Å². The molecule has 26 heavy (non-hydrogen) atoms.